The van der Waals surface area contributed by atoms with Crippen molar-refractivity contribution in [2.24, 2.45) is 0 Å². The van der Waals surface area contributed by atoms with Crippen molar-refractivity contribution in [1.82, 2.24) is 0 Å². The number of hydrogen-bond donors (Lipinski definition) is 1. The van der Waals surface area contributed by atoms with Crippen molar-refractivity contribution >= 4 is 23.0 Å². The van der Waals surface area contributed by atoms with E-state index in [0.29, 0.717) is 11.5 Å². The van der Waals surface area contributed by atoms with Crippen LogP contribution in [0, 0.1) is 10.1 Å². The minimum atomic E-state index is -0.522. The van der Waals surface area contributed by atoms with Crippen LogP contribution < -0.4 is 15.0 Å². The second-order valence-electron chi connectivity index (χ2n) is 5.91. The highest BCUT2D eigenvalue weighted by atomic mass is 16.6. The first-order valence-corrected chi connectivity index (χ1v) is 7.85. The van der Waals surface area contributed by atoms with Gasteiger partial charge in [-0.2, -0.15) is 0 Å². The third kappa shape index (κ3) is 4.69. The number of benzene rings is 2. The van der Waals surface area contributed by atoms with Gasteiger partial charge in [0.1, 0.15) is 17.2 Å². The molecule has 0 bridgehead atoms. The van der Waals surface area contributed by atoms with Crippen molar-refractivity contribution in [2.45, 2.75) is 26.8 Å². The lowest BCUT2D eigenvalue weighted by Crippen LogP contribution is -2.23. The number of carbonyl (C=O) groups excluding carboxylic acids is 1. The minimum Gasteiger partial charge on any atom is -0.457 e. The molecule has 0 saturated heterocycles. The summed E-state index contributed by atoms with van der Waals surface area (Å²) in [6.07, 6.45) is 0. The first-order valence-electron chi connectivity index (χ1n) is 7.85. The number of amides is 1. The highest BCUT2D eigenvalue weighted by molar-refractivity contribution is 5.93. The van der Waals surface area contributed by atoms with Crippen LogP contribution in [-0.4, -0.2) is 23.9 Å². The average Bonchev–Trinajstić information content (AvgIpc) is 2.53. The zero-order valence-electron chi connectivity index (χ0n) is 14.6. The van der Waals surface area contributed by atoms with E-state index in [1.165, 1.54) is 37.1 Å². The average molecular weight is 343 g/mol. The van der Waals surface area contributed by atoms with Crippen molar-refractivity contribution in [1.29, 1.82) is 0 Å². The third-order valence-electron chi connectivity index (χ3n) is 3.50. The van der Waals surface area contributed by atoms with Crippen molar-refractivity contribution in [3.63, 3.8) is 0 Å². The highest BCUT2D eigenvalue weighted by Gasteiger charge is 2.20. The molecule has 25 heavy (non-hydrogen) atoms. The van der Waals surface area contributed by atoms with Gasteiger partial charge in [-0.25, -0.2) is 0 Å². The van der Waals surface area contributed by atoms with E-state index < -0.39 is 4.92 Å². The van der Waals surface area contributed by atoms with Gasteiger partial charge < -0.3 is 15.0 Å². The first kappa shape index (κ1) is 18.3. The van der Waals surface area contributed by atoms with E-state index >= 15 is 0 Å². The number of nitro groups is 1. The summed E-state index contributed by atoms with van der Waals surface area (Å²) >= 11 is 0. The predicted molar refractivity (Wildman–Crippen MR) is 97.5 cm³/mol. The fraction of sp³-hybridized carbons (Fsp3) is 0.278. The largest absolute Gasteiger partial charge is 0.457 e. The zero-order chi connectivity index (χ0) is 18.6. The zero-order valence-corrected chi connectivity index (χ0v) is 14.6. The summed E-state index contributed by atoms with van der Waals surface area (Å²) in [7, 11) is 1.49. The molecule has 1 amide bonds. The number of rotatable bonds is 6. The molecule has 0 aromatic heterocycles. The molecule has 7 heteroatoms. The maximum Gasteiger partial charge on any atom is 0.293 e. The maximum atomic E-state index is 11.6. The second kappa shape index (κ2) is 7.65. The van der Waals surface area contributed by atoms with Crippen molar-refractivity contribution in [3.05, 3.63) is 52.6 Å². The van der Waals surface area contributed by atoms with Crippen LogP contribution in [0.3, 0.4) is 0 Å². The Morgan fingerprint density at radius 2 is 1.88 bits per heavy atom. The van der Waals surface area contributed by atoms with Crippen LogP contribution in [-0.2, 0) is 4.79 Å². The molecule has 1 N–H and O–H groups in total. The van der Waals surface area contributed by atoms with Gasteiger partial charge in [0.2, 0.25) is 5.91 Å². The fourth-order valence-corrected chi connectivity index (χ4v) is 2.28. The normalized spacial score (nSPS) is 10.4. The molecule has 0 saturated carbocycles. The molecule has 2 aromatic rings. The Morgan fingerprint density at radius 1 is 1.20 bits per heavy atom. The molecular weight excluding hydrogens is 322 g/mol. The number of nitro benzene ring substituents is 1. The molecule has 7 nitrogen and oxygen atoms in total. The van der Waals surface area contributed by atoms with Crippen molar-refractivity contribution in [3.8, 4) is 11.5 Å². The van der Waals surface area contributed by atoms with Gasteiger partial charge in [0.05, 0.1) is 4.92 Å². The summed E-state index contributed by atoms with van der Waals surface area (Å²) in [6.45, 7) is 5.42. The lowest BCUT2D eigenvalue weighted by molar-refractivity contribution is -0.384. The Kier molecular flexibility index (Phi) is 5.59. The predicted octanol–water partition coefficient (Wildman–Crippen LogP) is 4.19. The van der Waals surface area contributed by atoms with E-state index in [1.807, 2.05) is 32.0 Å². The van der Waals surface area contributed by atoms with E-state index in [1.54, 1.807) is 6.07 Å². The second-order valence-corrected chi connectivity index (χ2v) is 5.91. The lowest BCUT2D eigenvalue weighted by Gasteiger charge is -2.16. The summed E-state index contributed by atoms with van der Waals surface area (Å²) in [5.74, 6) is 0.703. The topological polar surface area (TPSA) is 84.7 Å². The van der Waals surface area contributed by atoms with E-state index in [4.69, 9.17) is 4.74 Å². The SMILES string of the molecule is CC(=O)N(C)c1cc(Oc2cccc(NC(C)C)c2)ccc1[N+](=O)[O-]. The molecule has 2 rings (SSSR count). The molecule has 0 unspecified atom stereocenters. The lowest BCUT2D eigenvalue weighted by atomic mass is 10.2. The van der Waals surface area contributed by atoms with E-state index in [-0.39, 0.29) is 23.3 Å². The molecule has 0 aliphatic carbocycles. The van der Waals surface area contributed by atoms with E-state index in [9.17, 15) is 14.9 Å². The number of hydrogen-bond acceptors (Lipinski definition) is 5. The van der Waals surface area contributed by atoms with Crippen LogP contribution >= 0.6 is 0 Å². The van der Waals surface area contributed by atoms with Crippen LogP contribution in [0.4, 0.5) is 17.1 Å². The quantitative estimate of drug-likeness (QED) is 0.628. The van der Waals surface area contributed by atoms with Crippen molar-refractivity contribution < 1.29 is 14.5 Å². The smallest absolute Gasteiger partial charge is 0.293 e. The maximum absolute atomic E-state index is 11.6. The summed E-state index contributed by atoms with van der Waals surface area (Å²) in [5.41, 5.74) is 0.947. The molecule has 0 radical (unpaired) electrons. The van der Waals surface area contributed by atoms with Gasteiger partial charge in [-0.3, -0.25) is 14.9 Å². The van der Waals surface area contributed by atoms with E-state index in [2.05, 4.69) is 5.32 Å². The van der Waals surface area contributed by atoms with Crippen LogP contribution in [0.15, 0.2) is 42.5 Å². The van der Waals surface area contributed by atoms with E-state index in [0.717, 1.165) is 5.69 Å². The molecule has 132 valence electrons. The molecule has 0 fully saturated rings. The fourth-order valence-electron chi connectivity index (χ4n) is 2.28. The van der Waals surface area contributed by atoms with Gasteiger partial charge in [-0.05, 0) is 32.0 Å². The summed E-state index contributed by atoms with van der Waals surface area (Å²) in [4.78, 5) is 23.5. The Bertz CT molecular complexity index is 790. The number of nitrogens with one attached hydrogen (secondary N) is 1. The first-order chi connectivity index (χ1) is 11.8. The monoisotopic (exact) mass is 343 g/mol. The Morgan fingerprint density at radius 3 is 2.48 bits per heavy atom. The van der Waals surface area contributed by atoms with Gasteiger partial charge in [-0.15, -0.1) is 0 Å². The van der Waals surface area contributed by atoms with Gasteiger partial charge in [0.15, 0.2) is 0 Å². The molecule has 0 aliphatic heterocycles. The van der Waals surface area contributed by atoms with Gasteiger partial charge in [-0.1, -0.05) is 6.07 Å². The summed E-state index contributed by atoms with van der Waals surface area (Å²) < 4.78 is 5.81. The van der Waals surface area contributed by atoms with Gasteiger partial charge in [0, 0.05) is 43.9 Å². The molecular formula is C18H21N3O4. The van der Waals surface area contributed by atoms with Crippen LogP contribution in [0.25, 0.3) is 0 Å². The number of nitrogens with zero attached hydrogens (tertiary/aromatic N) is 2. The van der Waals surface area contributed by atoms with Gasteiger partial charge in [0.25, 0.3) is 5.69 Å². The molecule has 0 atom stereocenters. The Labute approximate surface area is 146 Å². The number of anilines is 2. The number of ether oxygens (including phenoxy) is 1. The molecule has 0 aliphatic rings. The summed E-state index contributed by atoms with van der Waals surface area (Å²) in [6, 6.07) is 12.0. The van der Waals surface area contributed by atoms with Gasteiger partial charge >= 0.3 is 0 Å². The summed E-state index contributed by atoms with van der Waals surface area (Å²) in [5, 5.41) is 14.5. The van der Waals surface area contributed by atoms with Crippen LogP contribution in [0.5, 0.6) is 11.5 Å². The number of carbonyl (C=O) groups is 1. The molecule has 0 heterocycles. The highest BCUT2D eigenvalue weighted by Crippen LogP contribution is 2.34. The van der Waals surface area contributed by atoms with Crippen molar-refractivity contribution in [2.75, 3.05) is 17.3 Å². The Balaban J connectivity index is 2.33. The molecule has 0 spiro atoms. The third-order valence-corrected chi connectivity index (χ3v) is 3.50. The minimum absolute atomic E-state index is 0.153. The standard InChI is InChI=1S/C18H21N3O4/c1-12(2)19-14-6-5-7-15(10-14)25-16-8-9-17(21(23)24)18(11-16)20(4)13(3)22/h5-12,19H,1-4H3. The van der Waals surface area contributed by atoms with Crippen LogP contribution in [0.1, 0.15) is 20.8 Å². The molecule has 2 aromatic carbocycles. The van der Waals surface area contributed by atoms with Crippen LogP contribution in [0.2, 0.25) is 0 Å². The Hall–Kier alpha value is -3.09.